The van der Waals surface area contributed by atoms with Crippen molar-refractivity contribution < 1.29 is 5.11 Å². The normalized spacial score (nSPS) is 38.8. The fraction of sp³-hybridized carbons (Fsp3) is 1.00. The molecule has 0 atom stereocenters. The lowest BCUT2D eigenvalue weighted by Gasteiger charge is -2.57. The molecule has 0 aliphatic heterocycles. The summed E-state index contributed by atoms with van der Waals surface area (Å²) in [6.45, 7) is 18.6. The van der Waals surface area contributed by atoms with Gasteiger partial charge in [-0.15, -0.1) is 0 Å². The molecular weight excluding hydrogens is 364 g/mol. The topological polar surface area (TPSA) is 20.2 Å². The van der Waals surface area contributed by atoms with Gasteiger partial charge in [0.15, 0.2) is 0 Å². The summed E-state index contributed by atoms with van der Waals surface area (Å²) in [7, 11) is 0. The summed E-state index contributed by atoms with van der Waals surface area (Å²) in [6.07, 6.45) is 13.9. The van der Waals surface area contributed by atoms with E-state index in [1.807, 2.05) is 0 Å². The minimum atomic E-state index is 0. The molecule has 0 bridgehead atoms. The van der Waals surface area contributed by atoms with Gasteiger partial charge in [0.05, 0.1) is 6.10 Å². The summed E-state index contributed by atoms with van der Waals surface area (Å²) in [6, 6.07) is 0. The molecule has 0 aromatic carbocycles. The van der Waals surface area contributed by atoms with E-state index >= 15 is 0 Å². The second-order valence-electron chi connectivity index (χ2n) is 13.1. The Bertz CT molecular complexity index is 439. The molecule has 1 heteroatoms. The Morgan fingerprint density at radius 1 is 0.700 bits per heavy atom. The molecule has 1 N–H and O–H groups in total. The lowest BCUT2D eigenvalue weighted by atomic mass is 9.50. The molecule has 180 valence electrons. The predicted molar refractivity (Wildman–Crippen MR) is 135 cm³/mol. The zero-order valence-corrected chi connectivity index (χ0v) is 21.2. The molecule has 0 aromatic heterocycles. The number of hydrogen-bond donors (Lipinski definition) is 1. The fourth-order valence-corrected chi connectivity index (χ4v) is 6.71. The van der Waals surface area contributed by atoms with Gasteiger partial charge in [0, 0.05) is 0 Å². The van der Waals surface area contributed by atoms with Crippen LogP contribution in [-0.4, -0.2) is 11.2 Å². The van der Waals surface area contributed by atoms with Crippen molar-refractivity contribution in [2.24, 2.45) is 52.8 Å². The summed E-state index contributed by atoms with van der Waals surface area (Å²) >= 11 is 0. The van der Waals surface area contributed by atoms with Crippen molar-refractivity contribution in [1.29, 1.82) is 0 Å². The van der Waals surface area contributed by atoms with Crippen molar-refractivity contribution in [1.82, 2.24) is 0 Å². The third kappa shape index (κ3) is 8.84. The van der Waals surface area contributed by atoms with Crippen LogP contribution in [0.5, 0.6) is 0 Å². The molecule has 0 radical (unpaired) electrons. The average molecular weight is 423 g/mol. The zero-order valence-electron chi connectivity index (χ0n) is 21.2. The Morgan fingerprint density at radius 2 is 1.13 bits per heavy atom. The van der Waals surface area contributed by atoms with Crippen molar-refractivity contribution in [3.8, 4) is 0 Å². The Balaban J connectivity index is 0.000000227. The second-order valence-corrected chi connectivity index (χ2v) is 13.1. The molecule has 1 nitrogen and oxygen atoms in total. The standard InChI is InChI=1S/C11H20O.C9H18.C8H16.CH4/c1-8(2)3-9-4-11(5-9)6-10(12)7-11;1-7(2)4-9-5-8(3)6-9;1-6(2)8-4-7(3)5-8;/h8-10,12H,3-7H2,1-2H3;7-9H,4-6H2,1-3H3;6-8H,4-5H2,1-3H3;1H4. The third-order valence-electron chi connectivity index (χ3n) is 8.21. The van der Waals surface area contributed by atoms with E-state index in [2.05, 4.69) is 55.4 Å². The summed E-state index contributed by atoms with van der Waals surface area (Å²) in [5.74, 6) is 7.91. The molecule has 4 saturated carbocycles. The fourth-order valence-electron chi connectivity index (χ4n) is 6.71. The van der Waals surface area contributed by atoms with Gasteiger partial charge in [0.25, 0.3) is 0 Å². The maximum atomic E-state index is 9.22. The minimum Gasteiger partial charge on any atom is -0.393 e. The van der Waals surface area contributed by atoms with E-state index in [-0.39, 0.29) is 13.5 Å². The third-order valence-corrected chi connectivity index (χ3v) is 8.21. The van der Waals surface area contributed by atoms with Gasteiger partial charge in [0.1, 0.15) is 0 Å². The number of hydrogen-bond acceptors (Lipinski definition) is 1. The van der Waals surface area contributed by atoms with Gasteiger partial charge in [-0.3, -0.25) is 0 Å². The van der Waals surface area contributed by atoms with Gasteiger partial charge in [-0.25, -0.2) is 0 Å². The van der Waals surface area contributed by atoms with E-state index in [9.17, 15) is 5.11 Å². The van der Waals surface area contributed by atoms with Gasteiger partial charge < -0.3 is 5.11 Å². The molecular formula is C29H58O. The average Bonchev–Trinajstić information content (AvgIpc) is 2.47. The first-order chi connectivity index (χ1) is 13.5. The highest BCUT2D eigenvalue weighted by Gasteiger charge is 2.51. The zero-order chi connectivity index (χ0) is 21.8. The predicted octanol–water partition coefficient (Wildman–Crippen LogP) is 8.99. The van der Waals surface area contributed by atoms with Crippen LogP contribution in [-0.2, 0) is 0 Å². The van der Waals surface area contributed by atoms with Gasteiger partial charge >= 0.3 is 0 Å². The Hall–Kier alpha value is -0.0400. The molecule has 0 saturated heterocycles. The smallest absolute Gasteiger partial charge is 0.0550 e. The van der Waals surface area contributed by atoms with Gasteiger partial charge in [-0.05, 0) is 117 Å². The summed E-state index contributed by atoms with van der Waals surface area (Å²) < 4.78 is 0. The van der Waals surface area contributed by atoms with Crippen LogP contribution in [0.4, 0.5) is 0 Å². The quantitative estimate of drug-likeness (QED) is 0.468. The van der Waals surface area contributed by atoms with Crippen LogP contribution in [0.15, 0.2) is 0 Å². The summed E-state index contributed by atoms with van der Waals surface area (Å²) in [5, 5.41) is 9.22. The highest BCUT2D eigenvalue weighted by Crippen LogP contribution is 2.59. The monoisotopic (exact) mass is 422 g/mol. The highest BCUT2D eigenvalue weighted by molar-refractivity contribution is 5.03. The van der Waals surface area contributed by atoms with Crippen LogP contribution in [0, 0.1) is 52.8 Å². The Kier molecular flexibility index (Phi) is 11.4. The van der Waals surface area contributed by atoms with Crippen LogP contribution in [0.2, 0.25) is 0 Å². The van der Waals surface area contributed by atoms with Crippen molar-refractivity contribution >= 4 is 0 Å². The molecule has 0 aromatic rings. The molecule has 0 unspecified atom stereocenters. The number of aliphatic hydroxyl groups excluding tert-OH is 1. The van der Waals surface area contributed by atoms with E-state index in [1.54, 1.807) is 0 Å². The second kappa shape index (κ2) is 12.3. The minimum absolute atomic E-state index is 0. The van der Waals surface area contributed by atoms with Gasteiger partial charge in [-0.2, -0.15) is 0 Å². The van der Waals surface area contributed by atoms with Crippen LogP contribution in [0.25, 0.3) is 0 Å². The van der Waals surface area contributed by atoms with E-state index in [0.29, 0.717) is 5.41 Å². The summed E-state index contributed by atoms with van der Waals surface area (Å²) in [4.78, 5) is 0. The van der Waals surface area contributed by atoms with E-state index in [0.717, 1.165) is 60.2 Å². The lowest BCUT2D eigenvalue weighted by molar-refractivity contribution is -0.114. The van der Waals surface area contributed by atoms with Crippen LogP contribution in [0.1, 0.15) is 127 Å². The van der Waals surface area contributed by atoms with Crippen molar-refractivity contribution in [3.05, 3.63) is 0 Å². The Morgan fingerprint density at radius 3 is 1.43 bits per heavy atom. The highest BCUT2D eigenvalue weighted by atomic mass is 16.3. The Labute approximate surface area is 191 Å². The number of rotatable bonds is 5. The van der Waals surface area contributed by atoms with Crippen molar-refractivity contribution in [2.45, 2.75) is 133 Å². The molecule has 0 heterocycles. The first-order valence-electron chi connectivity index (χ1n) is 13.2. The van der Waals surface area contributed by atoms with E-state index in [1.165, 1.54) is 51.4 Å². The van der Waals surface area contributed by atoms with Gasteiger partial charge in [-0.1, -0.05) is 62.8 Å². The van der Waals surface area contributed by atoms with Crippen molar-refractivity contribution in [2.75, 3.05) is 0 Å². The van der Waals surface area contributed by atoms with Crippen molar-refractivity contribution in [3.63, 3.8) is 0 Å². The van der Waals surface area contributed by atoms with Crippen LogP contribution in [0.3, 0.4) is 0 Å². The van der Waals surface area contributed by atoms with E-state index < -0.39 is 0 Å². The first kappa shape index (κ1) is 28.0. The largest absolute Gasteiger partial charge is 0.393 e. The molecule has 0 amide bonds. The molecule has 4 fully saturated rings. The molecule has 30 heavy (non-hydrogen) atoms. The molecule has 4 rings (SSSR count). The maximum Gasteiger partial charge on any atom is 0.0550 e. The SMILES string of the molecule is C.CC(C)CC1CC(C)C1.CC(C)CC1CC2(CC(O)C2)C1.CC1CC(C(C)C)C1. The van der Waals surface area contributed by atoms with Crippen LogP contribution >= 0.6 is 0 Å². The number of aliphatic hydroxyl groups is 1. The summed E-state index contributed by atoms with van der Waals surface area (Å²) in [5.41, 5.74) is 0.624. The van der Waals surface area contributed by atoms with Gasteiger partial charge in [0.2, 0.25) is 0 Å². The van der Waals surface area contributed by atoms with E-state index in [4.69, 9.17) is 0 Å². The maximum absolute atomic E-state index is 9.22. The molecule has 4 aliphatic rings. The molecule has 4 aliphatic carbocycles. The lowest BCUT2D eigenvalue weighted by Crippen LogP contribution is -2.50. The first-order valence-corrected chi connectivity index (χ1v) is 13.2. The molecule has 1 spiro atoms. The van der Waals surface area contributed by atoms with Crippen LogP contribution < -0.4 is 0 Å².